The molecular weight excluding hydrogens is 222 g/mol. The Morgan fingerprint density at radius 1 is 1.64 bits per heavy atom. The van der Waals surface area contributed by atoms with Gasteiger partial charge < -0.3 is 4.90 Å². The zero-order chi connectivity index (χ0) is 8.27. The van der Waals surface area contributed by atoms with Crippen molar-refractivity contribution in [2.75, 3.05) is 13.6 Å². The second-order valence-corrected chi connectivity index (χ2v) is 4.38. The Hall–Kier alpha value is 0.140. The summed E-state index contributed by atoms with van der Waals surface area (Å²) in [6, 6.07) is 2.10. The second kappa shape index (κ2) is 4.24. The van der Waals surface area contributed by atoms with Crippen molar-refractivity contribution >= 4 is 27.3 Å². The SMILES string of the molecule is CCN(C)Cc1sccc1Br. The molecule has 11 heavy (non-hydrogen) atoms. The van der Waals surface area contributed by atoms with Gasteiger partial charge in [-0.15, -0.1) is 11.3 Å². The van der Waals surface area contributed by atoms with Gasteiger partial charge in [0.05, 0.1) is 0 Å². The number of nitrogens with zero attached hydrogens (tertiary/aromatic N) is 1. The van der Waals surface area contributed by atoms with Crippen LogP contribution < -0.4 is 0 Å². The van der Waals surface area contributed by atoms with Gasteiger partial charge in [-0.05, 0) is 41.0 Å². The maximum absolute atomic E-state index is 3.51. The molecule has 0 amide bonds. The highest BCUT2D eigenvalue weighted by atomic mass is 79.9. The zero-order valence-electron chi connectivity index (χ0n) is 6.80. The first-order valence-corrected chi connectivity index (χ1v) is 5.31. The molecule has 0 spiro atoms. The Balaban J connectivity index is 2.56. The lowest BCUT2D eigenvalue weighted by Crippen LogP contribution is -2.15. The van der Waals surface area contributed by atoms with E-state index in [-0.39, 0.29) is 0 Å². The maximum Gasteiger partial charge on any atom is 0.0336 e. The standard InChI is InChI=1S/C8H12BrNS/c1-3-10(2)6-8-7(9)4-5-11-8/h4-5H,3,6H2,1-2H3. The summed E-state index contributed by atoms with van der Waals surface area (Å²) in [5.74, 6) is 0. The van der Waals surface area contributed by atoms with Gasteiger partial charge in [0.15, 0.2) is 0 Å². The van der Waals surface area contributed by atoms with Crippen LogP contribution in [-0.2, 0) is 6.54 Å². The van der Waals surface area contributed by atoms with E-state index in [1.165, 1.54) is 9.35 Å². The van der Waals surface area contributed by atoms with Crippen LogP contribution in [0.25, 0.3) is 0 Å². The van der Waals surface area contributed by atoms with Gasteiger partial charge in [0.2, 0.25) is 0 Å². The Morgan fingerprint density at radius 3 is 2.82 bits per heavy atom. The van der Waals surface area contributed by atoms with E-state index in [0.29, 0.717) is 0 Å². The predicted molar refractivity (Wildman–Crippen MR) is 54.0 cm³/mol. The number of halogens is 1. The van der Waals surface area contributed by atoms with Crippen LogP contribution in [0.5, 0.6) is 0 Å². The minimum Gasteiger partial charge on any atom is -0.302 e. The molecule has 0 saturated heterocycles. The average molecular weight is 234 g/mol. The molecule has 0 atom stereocenters. The quantitative estimate of drug-likeness (QED) is 0.777. The van der Waals surface area contributed by atoms with E-state index in [1.54, 1.807) is 11.3 Å². The molecular formula is C8H12BrNS. The van der Waals surface area contributed by atoms with Crippen LogP contribution in [-0.4, -0.2) is 18.5 Å². The predicted octanol–water partition coefficient (Wildman–Crippen LogP) is 2.96. The summed E-state index contributed by atoms with van der Waals surface area (Å²) in [7, 11) is 2.13. The minimum atomic E-state index is 1.05. The fourth-order valence-corrected chi connectivity index (χ4v) is 2.35. The molecule has 1 rings (SSSR count). The van der Waals surface area contributed by atoms with E-state index < -0.39 is 0 Å². The first-order chi connectivity index (χ1) is 5.24. The molecule has 0 unspecified atom stereocenters. The summed E-state index contributed by atoms with van der Waals surface area (Å²) in [4.78, 5) is 3.70. The van der Waals surface area contributed by atoms with Crippen LogP contribution in [0.1, 0.15) is 11.8 Å². The largest absolute Gasteiger partial charge is 0.302 e. The number of hydrogen-bond acceptors (Lipinski definition) is 2. The van der Waals surface area contributed by atoms with E-state index in [1.807, 2.05) is 0 Å². The van der Waals surface area contributed by atoms with Gasteiger partial charge in [-0.1, -0.05) is 6.92 Å². The molecule has 0 bridgehead atoms. The van der Waals surface area contributed by atoms with Crippen molar-refractivity contribution in [3.63, 3.8) is 0 Å². The third kappa shape index (κ3) is 2.58. The third-order valence-electron chi connectivity index (χ3n) is 1.64. The fraction of sp³-hybridized carbons (Fsp3) is 0.500. The van der Waals surface area contributed by atoms with Crippen molar-refractivity contribution in [1.82, 2.24) is 4.90 Å². The first-order valence-electron chi connectivity index (χ1n) is 3.64. The van der Waals surface area contributed by atoms with E-state index in [4.69, 9.17) is 0 Å². The fourth-order valence-electron chi connectivity index (χ4n) is 0.795. The molecule has 0 saturated carbocycles. The number of rotatable bonds is 3. The minimum absolute atomic E-state index is 1.05. The summed E-state index contributed by atoms with van der Waals surface area (Å²) in [6.45, 7) is 4.32. The second-order valence-electron chi connectivity index (χ2n) is 2.52. The monoisotopic (exact) mass is 233 g/mol. The van der Waals surface area contributed by atoms with Crippen LogP contribution >= 0.6 is 27.3 Å². The van der Waals surface area contributed by atoms with Gasteiger partial charge in [-0.25, -0.2) is 0 Å². The number of hydrogen-bond donors (Lipinski definition) is 0. The topological polar surface area (TPSA) is 3.24 Å². The Morgan fingerprint density at radius 2 is 2.36 bits per heavy atom. The lowest BCUT2D eigenvalue weighted by molar-refractivity contribution is 0.348. The molecule has 0 N–H and O–H groups in total. The molecule has 0 aliphatic carbocycles. The van der Waals surface area contributed by atoms with Crippen LogP contribution in [0.2, 0.25) is 0 Å². The molecule has 0 fully saturated rings. The van der Waals surface area contributed by atoms with Crippen molar-refractivity contribution < 1.29 is 0 Å². The van der Waals surface area contributed by atoms with Crippen molar-refractivity contribution in [3.05, 3.63) is 20.8 Å². The summed E-state index contributed by atoms with van der Waals surface area (Å²) in [6.07, 6.45) is 0. The first kappa shape index (κ1) is 9.23. The van der Waals surface area contributed by atoms with Crippen molar-refractivity contribution in [3.8, 4) is 0 Å². The van der Waals surface area contributed by atoms with Crippen LogP contribution in [0.15, 0.2) is 15.9 Å². The van der Waals surface area contributed by atoms with Crippen molar-refractivity contribution in [2.24, 2.45) is 0 Å². The van der Waals surface area contributed by atoms with Gasteiger partial charge >= 0.3 is 0 Å². The van der Waals surface area contributed by atoms with Gasteiger partial charge in [0.25, 0.3) is 0 Å². The lowest BCUT2D eigenvalue weighted by Gasteiger charge is -2.12. The Bertz CT molecular complexity index is 222. The highest BCUT2D eigenvalue weighted by molar-refractivity contribution is 9.10. The van der Waals surface area contributed by atoms with Gasteiger partial charge in [0.1, 0.15) is 0 Å². The summed E-state index contributed by atoms with van der Waals surface area (Å²) in [5, 5.41) is 2.11. The summed E-state index contributed by atoms with van der Waals surface area (Å²) in [5.41, 5.74) is 0. The maximum atomic E-state index is 3.51. The molecule has 1 aromatic heterocycles. The van der Waals surface area contributed by atoms with Gasteiger partial charge in [-0.3, -0.25) is 0 Å². The summed E-state index contributed by atoms with van der Waals surface area (Å²) < 4.78 is 1.24. The molecule has 0 aliphatic heterocycles. The Labute approximate surface area is 80.2 Å². The van der Waals surface area contributed by atoms with Gasteiger partial charge in [-0.2, -0.15) is 0 Å². The van der Waals surface area contributed by atoms with E-state index >= 15 is 0 Å². The molecule has 1 heterocycles. The van der Waals surface area contributed by atoms with Crippen LogP contribution in [0.3, 0.4) is 0 Å². The molecule has 1 aromatic rings. The molecule has 1 nitrogen and oxygen atoms in total. The lowest BCUT2D eigenvalue weighted by atomic mass is 10.4. The Kier molecular flexibility index (Phi) is 3.55. The highest BCUT2D eigenvalue weighted by Crippen LogP contribution is 2.23. The molecule has 3 heteroatoms. The van der Waals surface area contributed by atoms with Crippen molar-refractivity contribution in [1.29, 1.82) is 0 Å². The van der Waals surface area contributed by atoms with E-state index in [2.05, 4.69) is 46.2 Å². The molecule has 62 valence electrons. The number of thiophene rings is 1. The molecule has 0 aliphatic rings. The third-order valence-corrected chi connectivity index (χ3v) is 3.56. The zero-order valence-corrected chi connectivity index (χ0v) is 9.20. The molecule has 0 radical (unpaired) electrons. The highest BCUT2D eigenvalue weighted by Gasteiger charge is 2.02. The molecule has 0 aromatic carbocycles. The summed E-state index contributed by atoms with van der Waals surface area (Å²) >= 11 is 5.31. The van der Waals surface area contributed by atoms with Crippen LogP contribution in [0, 0.1) is 0 Å². The van der Waals surface area contributed by atoms with Crippen LogP contribution in [0.4, 0.5) is 0 Å². The van der Waals surface area contributed by atoms with Gasteiger partial charge in [0, 0.05) is 15.9 Å². The smallest absolute Gasteiger partial charge is 0.0336 e. The van der Waals surface area contributed by atoms with E-state index in [9.17, 15) is 0 Å². The normalized spacial score (nSPS) is 10.9. The average Bonchev–Trinajstić information content (AvgIpc) is 2.37. The van der Waals surface area contributed by atoms with Crippen molar-refractivity contribution in [2.45, 2.75) is 13.5 Å². The van der Waals surface area contributed by atoms with E-state index in [0.717, 1.165) is 13.1 Å².